The molecule has 6 heteroatoms. The fourth-order valence-electron chi connectivity index (χ4n) is 2.56. The quantitative estimate of drug-likeness (QED) is 0.914. The van der Waals surface area contributed by atoms with Gasteiger partial charge in [0.2, 0.25) is 10.0 Å². The van der Waals surface area contributed by atoms with Crippen LogP contribution in [0.4, 0.5) is 5.69 Å². The van der Waals surface area contributed by atoms with Gasteiger partial charge in [0, 0.05) is 37.9 Å². The Morgan fingerprint density at radius 1 is 1.25 bits per heavy atom. The summed E-state index contributed by atoms with van der Waals surface area (Å²) >= 11 is 0. The smallest absolute Gasteiger partial charge is 0.243 e. The minimum absolute atomic E-state index is 0.00666. The molecule has 0 saturated carbocycles. The molecule has 1 aromatic rings. The summed E-state index contributed by atoms with van der Waals surface area (Å²) in [6.07, 6.45) is 0. The molecule has 0 spiro atoms. The molecule has 1 atom stereocenters. The van der Waals surface area contributed by atoms with Gasteiger partial charge in [0.05, 0.1) is 4.90 Å². The van der Waals surface area contributed by atoms with E-state index in [0.717, 1.165) is 25.3 Å². The number of anilines is 1. The summed E-state index contributed by atoms with van der Waals surface area (Å²) in [6, 6.07) is 7.00. The number of rotatable bonds is 4. The molecule has 1 aliphatic rings. The number of hydrogen-bond donors (Lipinski definition) is 1. The third-order valence-corrected chi connectivity index (χ3v) is 5.64. The summed E-state index contributed by atoms with van der Waals surface area (Å²) in [5, 5.41) is 3.17. The zero-order chi connectivity index (χ0) is 14.8. The zero-order valence-corrected chi connectivity index (χ0v) is 13.2. The highest BCUT2D eigenvalue weighted by atomic mass is 32.2. The van der Waals surface area contributed by atoms with E-state index in [-0.39, 0.29) is 6.04 Å². The van der Waals surface area contributed by atoms with E-state index in [1.165, 1.54) is 0 Å². The van der Waals surface area contributed by atoms with Crippen LogP contribution in [-0.4, -0.2) is 56.9 Å². The van der Waals surface area contributed by atoms with Gasteiger partial charge in [-0.3, -0.25) is 0 Å². The lowest BCUT2D eigenvalue weighted by molar-refractivity contribution is 0.170. The maximum Gasteiger partial charge on any atom is 0.243 e. The molecular weight excluding hydrogens is 274 g/mol. The van der Waals surface area contributed by atoms with E-state index in [9.17, 15) is 8.42 Å². The van der Waals surface area contributed by atoms with Crippen molar-refractivity contribution in [2.24, 2.45) is 0 Å². The van der Waals surface area contributed by atoms with Crippen molar-refractivity contribution < 1.29 is 8.42 Å². The molecule has 0 aromatic heterocycles. The second-order valence-electron chi connectivity index (χ2n) is 5.28. The minimum atomic E-state index is -3.39. The van der Waals surface area contributed by atoms with Crippen molar-refractivity contribution in [2.75, 3.05) is 38.5 Å². The summed E-state index contributed by atoms with van der Waals surface area (Å²) in [4.78, 5) is 2.53. The molecule has 1 saturated heterocycles. The lowest BCUT2D eigenvalue weighted by Crippen LogP contribution is -2.52. The average molecular weight is 297 g/mol. The van der Waals surface area contributed by atoms with Crippen molar-refractivity contribution >= 4 is 15.7 Å². The normalized spacial score (nSPS) is 21.9. The Morgan fingerprint density at radius 2 is 1.90 bits per heavy atom. The van der Waals surface area contributed by atoms with Crippen LogP contribution in [-0.2, 0) is 10.0 Å². The fourth-order valence-corrected chi connectivity index (χ4v) is 4.18. The first-order valence-electron chi connectivity index (χ1n) is 6.99. The highest BCUT2D eigenvalue weighted by Gasteiger charge is 2.32. The highest BCUT2D eigenvalue weighted by molar-refractivity contribution is 7.89. The maximum absolute atomic E-state index is 12.7. The van der Waals surface area contributed by atoms with Crippen LogP contribution in [0, 0.1) is 0 Å². The van der Waals surface area contributed by atoms with Gasteiger partial charge < -0.3 is 10.2 Å². The maximum atomic E-state index is 12.7. The van der Waals surface area contributed by atoms with Gasteiger partial charge in [-0.15, -0.1) is 0 Å². The molecule has 1 aromatic carbocycles. The van der Waals surface area contributed by atoms with E-state index >= 15 is 0 Å². The Balaban J connectivity index is 2.21. The standard InChI is InChI=1S/C14H23N3O2S/c1-4-15-13-5-7-14(8-6-13)20(18,19)17-10-9-16(3)11-12(17)2/h5-8,12,15H,4,9-11H2,1-3H3. The predicted octanol–water partition coefficient (Wildman–Crippen LogP) is 1.44. The van der Waals surface area contributed by atoms with Crippen LogP contribution >= 0.6 is 0 Å². The van der Waals surface area contributed by atoms with Crippen LogP contribution in [0.2, 0.25) is 0 Å². The fraction of sp³-hybridized carbons (Fsp3) is 0.571. The molecule has 112 valence electrons. The number of hydrogen-bond acceptors (Lipinski definition) is 4. The van der Waals surface area contributed by atoms with Gasteiger partial charge in [-0.1, -0.05) is 0 Å². The first kappa shape index (κ1) is 15.3. The number of nitrogens with one attached hydrogen (secondary N) is 1. The van der Waals surface area contributed by atoms with Gasteiger partial charge in [-0.2, -0.15) is 4.31 Å². The Labute approximate surface area is 121 Å². The number of likely N-dealkylation sites (N-methyl/N-ethyl adjacent to an activating group) is 1. The lowest BCUT2D eigenvalue weighted by atomic mass is 10.2. The highest BCUT2D eigenvalue weighted by Crippen LogP contribution is 2.22. The topological polar surface area (TPSA) is 52.7 Å². The summed E-state index contributed by atoms with van der Waals surface area (Å²) in [5.74, 6) is 0. The zero-order valence-electron chi connectivity index (χ0n) is 12.3. The Hall–Kier alpha value is -1.11. The Bertz CT molecular complexity index is 542. The molecule has 0 amide bonds. The van der Waals surface area contributed by atoms with Crippen LogP contribution in [0.15, 0.2) is 29.2 Å². The van der Waals surface area contributed by atoms with E-state index < -0.39 is 10.0 Å². The number of benzene rings is 1. The number of sulfonamides is 1. The first-order chi connectivity index (χ1) is 9.45. The molecule has 0 radical (unpaired) electrons. The van der Waals surface area contributed by atoms with Gasteiger partial charge in [-0.25, -0.2) is 8.42 Å². The van der Waals surface area contributed by atoms with Gasteiger partial charge >= 0.3 is 0 Å². The van der Waals surface area contributed by atoms with Crippen LogP contribution in [0.5, 0.6) is 0 Å². The van der Waals surface area contributed by atoms with Crippen molar-refractivity contribution in [1.82, 2.24) is 9.21 Å². The molecule has 1 N–H and O–H groups in total. The monoisotopic (exact) mass is 297 g/mol. The van der Waals surface area contributed by atoms with Gasteiger partial charge in [0.15, 0.2) is 0 Å². The molecule has 2 rings (SSSR count). The molecule has 1 aliphatic heterocycles. The summed E-state index contributed by atoms with van der Waals surface area (Å²) in [6.45, 7) is 6.89. The molecule has 20 heavy (non-hydrogen) atoms. The van der Waals surface area contributed by atoms with Crippen LogP contribution in [0.3, 0.4) is 0 Å². The molecule has 0 bridgehead atoms. The SMILES string of the molecule is CCNc1ccc(S(=O)(=O)N2CCN(C)CC2C)cc1. The van der Waals surface area contributed by atoms with Crippen molar-refractivity contribution in [3.05, 3.63) is 24.3 Å². The largest absolute Gasteiger partial charge is 0.385 e. The summed E-state index contributed by atoms with van der Waals surface area (Å²) in [7, 11) is -1.37. The second kappa shape index (κ2) is 6.11. The van der Waals surface area contributed by atoms with Crippen molar-refractivity contribution in [1.29, 1.82) is 0 Å². The number of piperazine rings is 1. The molecule has 0 aliphatic carbocycles. The number of nitrogens with zero attached hydrogens (tertiary/aromatic N) is 2. The Morgan fingerprint density at radius 3 is 2.45 bits per heavy atom. The minimum Gasteiger partial charge on any atom is -0.385 e. The third-order valence-electron chi connectivity index (χ3n) is 3.61. The van der Waals surface area contributed by atoms with Crippen LogP contribution in [0.1, 0.15) is 13.8 Å². The third kappa shape index (κ3) is 3.13. The van der Waals surface area contributed by atoms with Crippen LogP contribution in [0.25, 0.3) is 0 Å². The summed E-state index contributed by atoms with van der Waals surface area (Å²) < 4.78 is 26.9. The first-order valence-corrected chi connectivity index (χ1v) is 8.43. The van der Waals surface area contributed by atoms with E-state index in [1.807, 2.05) is 33.0 Å². The van der Waals surface area contributed by atoms with Crippen LogP contribution < -0.4 is 5.32 Å². The van der Waals surface area contributed by atoms with Crippen molar-refractivity contribution in [2.45, 2.75) is 24.8 Å². The molecule has 1 unspecified atom stereocenters. The lowest BCUT2D eigenvalue weighted by Gasteiger charge is -2.37. The van der Waals surface area contributed by atoms with E-state index in [1.54, 1.807) is 16.4 Å². The van der Waals surface area contributed by atoms with E-state index in [2.05, 4.69) is 10.2 Å². The van der Waals surface area contributed by atoms with Gasteiger partial charge in [0.1, 0.15) is 0 Å². The molecular formula is C14H23N3O2S. The average Bonchev–Trinajstić information content (AvgIpc) is 2.39. The molecule has 5 nitrogen and oxygen atoms in total. The second-order valence-corrected chi connectivity index (χ2v) is 7.17. The van der Waals surface area contributed by atoms with Crippen molar-refractivity contribution in [3.8, 4) is 0 Å². The molecule has 1 fully saturated rings. The van der Waals surface area contributed by atoms with Gasteiger partial charge in [0.25, 0.3) is 0 Å². The van der Waals surface area contributed by atoms with E-state index in [4.69, 9.17) is 0 Å². The van der Waals surface area contributed by atoms with Crippen molar-refractivity contribution in [3.63, 3.8) is 0 Å². The van der Waals surface area contributed by atoms with Gasteiger partial charge in [-0.05, 0) is 45.2 Å². The summed E-state index contributed by atoms with van der Waals surface area (Å²) in [5.41, 5.74) is 0.942. The molecule has 1 heterocycles. The predicted molar refractivity (Wildman–Crippen MR) is 81.5 cm³/mol. The Kier molecular flexibility index (Phi) is 4.67. The van der Waals surface area contributed by atoms with E-state index in [0.29, 0.717) is 11.4 Å².